The molecule has 1 aliphatic rings. The normalized spacial score (nSPS) is 15.4. The standard InChI is InChI=1S/C18H19N3O2S/c1-21(11-14-10-13-4-2-3-5-15(13)23-14)18(22)20-16(12-6-7-12)17-19-8-9-24-17/h2-5,8-10,12,16H,6-7,11H2,1H3,(H,20,22)/t16-/m1/s1. The number of amides is 2. The summed E-state index contributed by atoms with van der Waals surface area (Å²) in [5, 5.41) is 7.13. The number of para-hydroxylation sites is 1. The molecule has 2 aromatic heterocycles. The number of carbonyl (C=O) groups excluding carboxylic acids is 1. The van der Waals surface area contributed by atoms with Gasteiger partial charge in [0.15, 0.2) is 0 Å². The first-order valence-electron chi connectivity index (χ1n) is 8.09. The van der Waals surface area contributed by atoms with Crippen LogP contribution in [-0.2, 0) is 6.54 Å². The smallest absolute Gasteiger partial charge is 0.318 e. The van der Waals surface area contributed by atoms with Crippen molar-refractivity contribution in [3.05, 3.63) is 52.7 Å². The monoisotopic (exact) mass is 341 g/mol. The van der Waals surface area contributed by atoms with Gasteiger partial charge >= 0.3 is 6.03 Å². The van der Waals surface area contributed by atoms with Crippen molar-refractivity contribution in [2.24, 2.45) is 5.92 Å². The second kappa shape index (κ2) is 6.28. The number of nitrogens with zero attached hydrogens (tertiary/aromatic N) is 2. The molecule has 0 aliphatic heterocycles. The summed E-state index contributed by atoms with van der Waals surface area (Å²) >= 11 is 1.60. The molecular formula is C18H19N3O2S. The van der Waals surface area contributed by atoms with E-state index in [2.05, 4.69) is 10.3 Å². The molecular weight excluding hydrogens is 322 g/mol. The molecule has 1 fully saturated rings. The highest BCUT2D eigenvalue weighted by Crippen LogP contribution is 2.41. The highest BCUT2D eigenvalue weighted by molar-refractivity contribution is 7.09. The number of fused-ring (bicyclic) bond motifs is 1. The highest BCUT2D eigenvalue weighted by Gasteiger charge is 2.35. The Labute approximate surface area is 144 Å². The molecule has 24 heavy (non-hydrogen) atoms. The summed E-state index contributed by atoms with van der Waals surface area (Å²) in [5.41, 5.74) is 0.847. The summed E-state index contributed by atoms with van der Waals surface area (Å²) in [6.45, 7) is 0.440. The Morgan fingerprint density at radius 1 is 1.46 bits per heavy atom. The number of hydrogen-bond acceptors (Lipinski definition) is 4. The molecule has 124 valence electrons. The van der Waals surface area contributed by atoms with Crippen molar-refractivity contribution in [1.29, 1.82) is 0 Å². The molecule has 2 heterocycles. The number of nitrogens with one attached hydrogen (secondary N) is 1. The first kappa shape index (κ1) is 15.2. The molecule has 0 spiro atoms. The Morgan fingerprint density at radius 3 is 3.00 bits per heavy atom. The van der Waals surface area contributed by atoms with E-state index in [-0.39, 0.29) is 12.1 Å². The lowest BCUT2D eigenvalue weighted by Gasteiger charge is -2.21. The van der Waals surface area contributed by atoms with Crippen molar-refractivity contribution in [2.75, 3.05) is 7.05 Å². The fourth-order valence-electron chi connectivity index (χ4n) is 2.86. The lowest BCUT2D eigenvalue weighted by molar-refractivity contribution is 0.197. The largest absolute Gasteiger partial charge is 0.459 e. The Hall–Kier alpha value is -2.34. The van der Waals surface area contributed by atoms with E-state index in [0.717, 1.165) is 34.6 Å². The van der Waals surface area contributed by atoms with Crippen molar-refractivity contribution >= 4 is 28.3 Å². The summed E-state index contributed by atoms with van der Waals surface area (Å²) in [5.74, 6) is 1.30. The molecule has 3 aromatic rings. The third-order valence-electron chi connectivity index (χ3n) is 4.31. The van der Waals surface area contributed by atoms with Crippen LogP contribution in [0.2, 0.25) is 0 Å². The Morgan fingerprint density at radius 2 is 2.29 bits per heavy atom. The molecule has 0 bridgehead atoms. The highest BCUT2D eigenvalue weighted by atomic mass is 32.1. The van der Waals surface area contributed by atoms with Crippen molar-refractivity contribution in [3.63, 3.8) is 0 Å². The van der Waals surface area contributed by atoms with E-state index < -0.39 is 0 Å². The van der Waals surface area contributed by atoms with Crippen LogP contribution in [0.25, 0.3) is 11.0 Å². The number of aromatic nitrogens is 1. The summed E-state index contributed by atoms with van der Waals surface area (Å²) < 4.78 is 5.79. The van der Waals surface area contributed by atoms with E-state index in [1.807, 2.05) is 35.7 Å². The van der Waals surface area contributed by atoms with E-state index in [1.165, 1.54) is 0 Å². The molecule has 1 aromatic carbocycles. The topological polar surface area (TPSA) is 58.4 Å². The lowest BCUT2D eigenvalue weighted by Crippen LogP contribution is -2.39. The molecule has 1 N–H and O–H groups in total. The number of hydrogen-bond donors (Lipinski definition) is 1. The van der Waals surface area contributed by atoms with Gasteiger partial charge < -0.3 is 14.6 Å². The van der Waals surface area contributed by atoms with Crippen LogP contribution in [0.3, 0.4) is 0 Å². The van der Waals surface area contributed by atoms with Crippen LogP contribution in [0.15, 0.2) is 46.3 Å². The molecule has 4 rings (SSSR count). The minimum atomic E-state index is -0.0949. The van der Waals surface area contributed by atoms with Crippen molar-refractivity contribution in [1.82, 2.24) is 15.2 Å². The summed E-state index contributed by atoms with van der Waals surface area (Å²) in [7, 11) is 1.79. The third kappa shape index (κ3) is 3.14. The van der Waals surface area contributed by atoms with Gasteiger partial charge in [-0.2, -0.15) is 0 Å². The number of thiazole rings is 1. The molecule has 1 saturated carbocycles. The van der Waals surface area contributed by atoms with E-state index >= 15 is 0 Å². The van der Waals surface area contributed by atoms with Gasteiger partial charge in [0, 0.05) is 24.0 Å². The Balaban J connectivity index is 1.43. The summed E-state index contributed by atoms with van der Waals surface area (Å²) in [4.78, 5) is 18.6. The fraction of sp³-hybridized carbons (Fsp3) is 0.333. The maximum Gasteiger partial charge on any atom is 0.318 e. The van der Waals surface area contributed by atoms with E-state index in [1.54, 1.807) is 29.5 Å². The molecule has 0 unspecified atom stereocenters. The Bertz CT molecular complexity index is 806. The van der Waals surface area contributed by atoms with Crippen LogP contribution in [-0.4, -0.2) is 23.0 Å². The van der Waals surface area contributed by atoms with E-state index in [9.17, 15) is 4.79 Å². The maximum absolute atomic E-state index is 12.6. The van der Waals surface area contributed by atoms with Crippen molar-refractivity contribution in [2.45, 2.75) is 25.4 Å². The van der Waals surface area contributed by atoms with Gasteiger partial charge in [-0.05, 0) is 30.9 Å². The zero-order valence-electron chi connectivity index (χ0n) is 13.4. The van der Waals surface area contributed by atoms with Crippen LogP contribution >= 0.6 is 11.3 Å². The summed E-state index contributed by atoms with van der Waals surface area (Å²) in [6.07, 6.45) is 4.09. The van der Waals surface area contributed by atoms with Gasteiger partial charge in [-0.1, -0.05) is 18.2 Å². The number of carbonyl (C=O) groups is 1. The van der Waals surface area contributed by atoms with Gasteiger partial charge in [0.05, 0.1) is 12.6 Å². The second-order valence-electron chi connectivity index (χ2n) is 6.24. The van der Waals surface area contributed by atoms with Crippen molar-refractivity contribution < 1.29 is 9.21 Å². The molecule has 0 saturated heterocycles. The molecule has 1 atom stereocenters. The molecule has 1 aliphatic carbocycles. The van der Waals surface area contributed by atoms with Crippen molar-refractivity contribution in [3.8, 4) is 0 Å². The number of benzene rings is 1. The minimum absolute atomic E-state index is 0.0237. The van der Waals surface area contributed by atoms with E-state index in [4.69, 9.17) is 4.42 Å². The number of rotatable bonds is 5. The van der Waals surface area contributed by atoms with Crippen LogP contribution in [0.4, 0.5) is 4.79 Å². The maximum atomic E-state index is 12.6. The van der Waals surface area contributed by atoms with Crippen LogP contribution < -0.4 is 5.32 Å². The SMILES string of the molecule is CN(Cc1cc2ccccc2o1)C(=O)N[C@@H](c1nccs1)C1CC1. The minimum Gasteiger partial charge on any atom is -0.459 e. The fourth-order valence-corrected chi connectivity index (χ4v) is 3.64. The number of furan rings is 1. The van der Waals surface area contributed by atoms with Crippen LogP contribution in [0.5, 0.6) is 0 Å². The average Bonchev–Trinajstić information content (AvgIpc) is 3.11. The van der Waals surface area contributed by atoms with Crippen LogP contribution in [0.1, 0.15) is 29.7 Å². The zero-order valence-corrected chi connectivity index (χ0v) is 14.3. The quantitative estimate of drug-likeness (QED) is 0.757. The number of urea groups is 1. The first-order chi connectivity index (χ1) is 11.7. The Kier molecular flexibility index (Phi) is 3.98. The predicted molar refractivity (Wildman–Crippen MR) is 93.8 cm³/mol. The van der Waals surface area contributed by atoms with Gasteiger partial charge in [0.1, 0.15) is 16.4 Å². The second-order valence-corrected chi connectivity index (χ2v) is 7.17. The zero-order chi connectivity index (χ0) is 16.5. The van der Waals surface area contributed by atoms with E-state index in [0.29, 0.717) is 12.5 Å². The predicted octanol–water partition coefficient (Wildman–Crippen LogP) is 4.18. The molecule has 2 amide bonds. The van der Waals surface area contributed by atoms with Gasteiger partial charge in [0.25, 0.3) is 0 Å². The molecule has 5 nitrogen and oxygen atoms in total. The van der Waals surface area contributed by atoms with Gasteiger partial charge in [-0.15, -0.1) is 11.3 Å². The lowest BCUT2D eigenvalue weighted by atomic mass is 10.2. The van der Waals surface area contributed by atoms with Gasteiger partial charge in [0.2, 0.25) is 0 Å². The third-order valence-corrected chi connectivity index (χ3v) is 5.16. The average molecular weight is 341 g/mol. The molecule has 6 heteroatoms. The van der Waals surface area contributed by atoms with Crippen LogP contribution in [0, 0.1) is 5.92 Å². The first-order valence-corrected chi connectivity index (χ1v) is 8.97. The summed E-state index contributed by atoms with van der Waals surface area (Å²) in [6, 6.07) is 9.78. The van der Waals surface area contributed by atoms with Gasteiger partial charge in [-0.3, -0.25) is 0 Å². The van der Waals surface area contributed by atoms with Gasteiger partial charge in [-0.25, -0.2) is 9.78 Å². The molecule has 0 radical (unpaired) electrons.